The molecule has 2 N–H and O–H groups in total. The molecule has 1 aromatic heterocycles. The summed E-state index contributed by atoms with van der Waals surface area (Å²) in [6.07, 6.45) is 2.71. The van der Waals surface area contributed by atoms with E-state index in [0.29, 0.717) is 5.15 Å². The SMILES string of the molecule is CCCc1nc(Cl)cc(NCCSCCCO)n1. The highest BCUT2D eigenvalue weighted by atomic mass is 35.5. The van der Waals surface area contributed by atoms with Crippen molar-refractivity contribution in [2.75, 3.05) is 30.0 Å². The first-order valence-corrected chi connectivity index (χ1v) is 7.75. The average Bonchev–Trinajstić information content (AvgIpc) is 2.33. The van der Waals surface area contributed by atoms with Crippen LogP contribution in [0, 0.1) is 0 Å². The molecule has 0 saturated heterocycles. The largest absolute Gasteiger partial charge is 0.396 e. The lowest BCUT2D eigenvalue weighted by Gasteiger charge is -2.07. The van der Waals surface area contributed by atoms with E-state index in [2.05, 4.69) is 22.2 Å². The Bertz CT molecular complexity index is 352. The zero-order chi connectivity index (χ0) is 13.2. The lowest BCUT2D eigenvalue weighted by atomic mass is 10.3. The highest BCUT2D eigenvalue weighted by Gasteiger charge is 2.02. The maximum atomic E-state index is 8.65. The minimum atomic E-state index is 0.266. The maximum absolute atomic E-state index is 8.65. The van der Waals surface area contributed by atoms with Crippen molar-refractivity contribution in [1.82, 2.24) is 9.97 Å². The minimum absolute atomic E-state index is 0.266. The summed E-state index contributed by atoms with van der Waals surface area (Å²) >= 11 is 7.76. The van der Waals surface area contributed by atoms with Crippen LogP contribution in [0.25, 0.3) is 0 Å². The summed E-state index contributed by atoms with van der Waals surface area (Å²) in [4.78, 5) is 8.58. The Morgan fingerprint density at radius 1 is 1.39 bits per heavy atom. The molecule has 0 radical (unpaired) electrons. The number of aliphatic hydroxyl groups is 1. The molecule has 0 fully saturated rings. The van der Waals surface area contributed by atoms with E-state index in [-0.39, 0.29) is 6.61 Å². The van der Waals surface area contributed by atoms with Crippen molar-refractivity contribution < 1.29 is 5.11 Å². The molecular formula is C12H20ClN3OS. The van der Waals surface area contributed by atoms with Crippen LogP contribution in [0.5, 0.6) is 0 Å². The molecule has 0 unspecified atom stereocenters. The molecule has 1 heterocycles. The van der Waals surface area contributed by atoms with Crippen LogP contribution in [-0.2, 0) is 6.42 Å². The van der Waals surface area contributed by atoms with Gasteiger partial charge in [0.2, 0.25) is 0 Å². The van der Waals surface area contributed by atoms with Gasteiger partial charge in [0, 0.05) is 31.4 Å². The molecule has 0 atom stereocenters. The standard InChI is InChI=1S/C12H20ClN3OS/c1-2-4-11-15-10(13)9-12(16-11)14-5-8-18-7-3-6-17/h9,17H,2-8H2,1H3,(H,14,15,16). The Balaban J connectivity index is 2.32. The predicted octanol–water partition coefficient (Wildman–Crippen LogP) is 2.61. The normalized spacial score (nSPS) is 10.6. The molecular weight excluding hydrogens is 270 g/mol. The summed E-state index contributed by atoms with van der Waals surface area (Å²) in [5.74, 6) is 3.57. The molecule has 0 saturated carbocycles. The van der Waals surface area contributed by atoms with Crippen LogP contribution >= 0.6 is 23.4 Å². The summed E-state index contributed by atoms with van der Waals surface area (Å²) < 4.78 is 0. The first-order valence-electron chi connectivity index (χ1n) is 6.22. The quantitative estimate of drug-likeness (QED) is 0.541. The van der Waals surface area contributed by atoms with Gasteiger partial charge in [0.05, 0.1) is 0 Å². The Hall–Kier alpha value is -0.520. The van der Waals surface area contributed by atoms with Crippen LogP contribution < -0.4 is 5.32 Å². The van der Waals surface area contributed by atoms with Crippen molar-refractivity contribution in [3.05, 3.63) is 17.0 Å². The Morgan fingerprint density at radius 3 is 2.94 bits per heavy atom. The summed E-state index contributed by atoms with van der Waals surface area (Å²) in [5, 5.41) is 12.4. The third kappa shape index (κ3) is 6.42. The van der Waals surface area contributed by atoms with Crippen LogP contribution in [-0.4, -0.2) is 39.7 Å². The number of aryl methyl sites for hydroxylation is 1. The first-order chi connectivity index (χ1) is 8.76. The van der Waals surface area contributed by atoms with E-state index < -0.39 is 0 Å². The van der Waals surface area contributed by atoms with Crippen LogP contribution in [0.1, 0.15) is 25.6 Å². The predicted molar refractivity (Wildman–Crippen MR) is 78.6 cm³/mol. The van der Waals surface area contributed by atoms with Gasteiger partial charge in [-0.25, -0.2) is 9.97 Å². The number of aromatic nitrogens is 2. The van der Waals surface area contributed by atoms with E-state index >= 15 is 0 Å². The number of anilines is 1. The highest BCUT2D eigenvalue weighted by Crippen LogP contribution is 2.12. The van der Waals surface area contributed by atoms with Gasteiger partial charge in [-0.15, -0.1) is 0 Å². The summed E-state index contributed by atoms with van der Waals surface area (Å²) in [6, 6.07) is 1.75. The fraction of sp³-hybridized carbons (Fsp3) is 0.667. The van der Waals surface area contributed by atoms with E-state index in [4.69, 9.17) is 16.7 Å². The number of aliphatic hydroxyl groups excluding tert-OH is 1. The van der Waals surface area contributed by atoms with E-state index in [1.807, 2.05) is 11.8 Å². The zero-order valence-electron chi connectivity index (χ0n) is 10.7. The Morgan fingerprint density at radius 2 is 2.22 bits per heavy atom. The van der Waals surface area contributed by atoms with Crippen LogP contribution in [0.3, 0.4) is 0 Å². The average molecular weight is 290 g/mol. The van der Waals surface area contributed by atoms with Crippen molar-refractivity contribution in [2.45, 2.75) is 26.2 Å². The number of halogens is 1. The maximum Gasteiger partial charge on any atom is 0.134 e. The van der Waals surface area contributed by atoms with Gasteiger partial charge >= 0.3 is 0 Å². The van der Waals surface area contributed by atoms with Gasteiger partial charge < -0.3 is 10.4 Å². The van der Waals surface area contributed by atoms with E-state index in [1.165, 1.54) is 0 Å². The molecule has 0 aliphatic heterocycles. The smallest absolute Gasteiger partial charge is 0.134 e. The molecule has 18 heavy (non-hydrogen) atoms. The molecule has 0 bridgehead atoms. The van der Waals surface area contributed by atoms with Crippen molar-refractivity contribution in [3.63, 3.8) is 0 Å². The number of nitrogens with one attached hydrogen (secondary N) is 1. The van der Waals surface area contributed by atoms with Crippen LogP contribution in [0.2, 0.25) is 5.15 Å². The van der Waals surface area contributed by atoms with Gasteiger partial charge in [0.15, 0.2) is 0 Å². The van der Waals surface area contributed by atoms with Gasteiger partial charge in [-0.05, 0) is 18.6 Å². The van der Waals surface area contributed by atoms with E-state index in [0.717, 1.165) is 49.0 Å². The molecule has 0 aliphatic rings. The van der Waals surface area contributed by atoms with Crippen molar-refractivity contribution in [3.8, 4) is 0 Å². The second kappa shape index (κ2) is 9.42. The lowest BCUT2D eigenvalue weighted by Crippen LogP contribution is -2.08. The lowest BCUT2D eigenvalue weighted by molar-refractivity contribution is 0.296. The van der Waals surface area contributed by atoms with Gasteiger partial charge in [0.1, 0.15) is 16.8 Å². The fourth-order valence-electron chi connectivity index (χ4n) is 1.41. The Labute approximate surface area is 118 Å². The molecule has 6 heteroatoms. The van der Waals surface area contributed by atoms with Crippen molar-refractivity contribution in [1.29, 1.82) is 0 Å². The number of thioether (sulfide) groups is 1. The fourth-order valence-corrected chi connectivity index (χ4v) is 2.40. The second-order valence-electron chi connectivity index (χ2n) is 3.86. The second-order valence-corrected chi connectivity index (χ2v) is 5.47. The molecule has 1 rings (SSSR count). The number of hydrogen-bond acceptors (Lipinski definition) is 5. The molecule has 0 aliphatic carbocycles. The van der Waals surface area contributed by atoms with Gasteiger partial charge in [-0.1, -0.05) is 18.5 Å². The highest BCUT2D eigenvalue weighted by molar-refractivity contribution is 7.99. The van der Waals surface area contributed by atoms with Crippen molar-refractivity contribution >= 4 is 29.2 Å². The minimum Gasteiger partial charge on any atom is -0.396 e. The van der Waals surface area contributed by atoms with Crippen LogP contribution in [0.15, 0.2) is 6.07 Å². The van der Waals surface area contributed by atoms with E-state index in [9.17, 15) is 0 Å². The van der Waals surface area contributed by atoms with E-state index in [1.54, 1.807) is 6.07 Å². The van der Waals surface area contributed by atoms with Gasteiger partial charge in [-0.3, -0.25) is 0 Å². The summed E-state index contributed by atoms with van der Waals surface area (Å²) in [6.45, 7) is 3.20. The third-order valence-electron chi connectivity index (χ3n) is 2.21. The molecule has 0 aromatic carbocycles. The topological polar surface area (TPSA) is 58.0 Å². The molecule has 4 nitrogen and oxygen atoms in total. The van der Waals surface area contributed by atoms with Crippen LogP contribution in [0.4, 0.5) is 5.82 Å². The monoisotopic (exact) mass is 289 g/mol. The van der Waals surface area contributed by atoms with Crippen molar-refractivity contribution in [2.24, 2.45) is 0 Å². The first kappa shape index (κ1) is 15.5. The Kier molecular flexibility index (Phi) is 8.13. The molecule has 0 amide bonds. The number of nitrogens with zero attached hydrogens (tertiary/aromatic N) is 2. The molecule has 0 spiro atoms. The zero-order valence-corrected chi connectivity index (χ0v) is 12.2. The number of hydrogen-bond donors (Lipinski definition) is 2. The molecule has 102 valence electrons. The third-order valence-corrected chi connectivity index (χ3v) is 3.48. The number of rotatable bonds is 9. The summed E-state index contributed by atoms with van der Waals surface area (Å²) in [5.41, 5.74) is 0. The summed E-state index contributed by atoms with van der Waals surface area (Å²) in [7, 11) is 0. The van der Waals surface area contributed by atoms with Gasteiger partial charge in [0.25, 0.3) is 0 Å². The van der Waals surface area contributed by atoms with Gasteiger partial charge in [-0.2, -0.15) is 11.8 Å². The molecule has 1 aromatic rings.